The van der Waals surface area contributed by atoms with Crippen molar-refractivity contribution in [2.75, 3.05) is 0 Å². The summed E-state index contributed by atoms with van der Waals surface area (Å²) in [4.78, 5) is 4.27. The molecule has 0 aliphatic heterocycles. The summed E-state index contributed by atoms with van der Waals surface area (Å²) < 4.78 is 18.9. The molecule has 0 atom stereocenters. The molecule has 2 aromatic carbocycles. The number of rotatable bonds is 4. The van der Waals surface area contributed by atoms with Gasteiger partial charge in [-0.05, 0) is 47.2 Å². The Morgan fingerprint density at radius 1 is 1.04 bits per heavy atom. The zero-order chi connectivity index (χ0) is 17.9. The van der Waals surface area contributed by atoms with Crippen molar-refractivity contribution in [3.8, 4) is 0 Å². The SMILES string of the molecule is Cc1cc(F)ccc1/C=C/c1nnc(Cc2cncc3ccccc23)o1. The van der Waals surface area contributed by atoms with E-state index in [1.807, 2.05) is 43.6 Å². The Hall–Kier alpha value is -3.34. The van der Waals surface area contributed by atoms with Crippen molar-refractivity contribution in [3.05, 3.63) is 89.1 Å². The maximum absolute atomic E-state index is 13.2. The number of aromatic nitrogens is 3. The van der Waals surface area contributed by atoms with Crippen molar-refractivity contribution in [2.24, 2.45) is 0 Å². The third-order valence-corrected chi connectivity index (χ3v) is 4.21. The fourth-order valence-electron chi connectivity index (χ4n) is 2.88. The van der Waals surface area contributed by atoms with Crippen LogP contribution in [0.15, 0.2) is 59.3 Å². The first-order chi connectivity index (χ1) is 12.7. The minimum atomic E-state index is -0.247. The van der Waals surface area contributed by atoms with Crippen molar-refractivity contribution in [2.45, 2.75) is 13.3 Å². The summed E-state index contributed by atoms with van der Waals surface area (Å²) in [7, 11) is 0. The molecule has 0 radical (unpaired) electrons. The minimum absolute atomic E-state index is 0.247. The van der Waals surface area contributed by atoms with Crippen LogP contribution in [0.3, 0.4) is 0 Å². The van der Waals surface area contributed by atoms with Gasteiger partial charge in [0.1, 0.15) is 5.82 Å². The van der Waals surface area contributed by atoms with Crippen LogP contribution in [0.5, 0.6) is 0 Å². The lowest BCUT2D eigenvalue weighted by Gasteiger charge is -2.02. The summed E-state index contributed by atoms with van der Waals surface area (Å²) in [6.45, 7) is 1.86. The number of hydrogen-bond acceptors (Lipinski definition) is 4. The van der Waals surface area contributed by atoms with Crippen LogP contribution in [0.4, 0.5) is 4.39 Å². The van der Waals surface area contributed by atoms with E-state index in [1.54, 1.807) is 12.1 Å². The molecule has 2 heterocycles. The van der Waals surface area contributed by atoms with Crippen LogP contribution in [0.2, 0.25) is 0 Å². The van der Waals surface area contributed by atoms with Crippen molar-refractivity contribution < 1.29 is 8.81 Å². The molecule has 26 heavy (non-hydrogen) atoms. The van der Waals surface area contributed by atoms with Gasteiger partial charge in [-0.2, -0.15) is 0 Å². The fourth-order valence-corrected chi connectivity index (χ4v) is 2.88. The highest BCUT2D eigenvalue weighted by Gasteiger charge is 2.08. The zero-order valence-electron chi connectivity index (χ0n) is 14.2. The van der Waals surface area contributed by atoms with Crippen LogP contribution in [-0.4, -0.2) is 15.2 Å². The Kier molecular flexibility index (Phi) is 4.27. The second-order valence-corrected chi connectivity index (χ2v) is 6.06. The highest BCUT2D eigenvalue weighted by Crippen LogP contribution is 2.20. The van der Waals surface area contributed by atoms with E-state index in [0.717, 1.165) is 27.5 Å². The normalized spacial score (nSPS) is 11.5. The molecule has 2 aromatic heterocycles. The van der Waals surface area contributed by atoms with Crippen molar-refractivity contribution in [1.82, 2.24) is 15.2 Å². The summed E-state index contributed by atoms with van der Waals surface area (Å²) in [5.41, 5.74) is 2.80. The molecule has 4 aromatic rings. The highest BCUT2D eigenvalue weighted by molar-refractivity contribution is 5.84. The fraction of sp³-hybridized carbons (Fsp3) is 0.0952. The summed E-state index contributed by atoms with van der Waals surface area (Å²) in [5.74, 6) is 0.693. The van der Waals surface area contributed by atoms with Gasteiger partial charge in [0, 0.05) is 23.9 Å². The van der Waals surface area contributed by atoms with Gasteiger partial charge in [0.15, 0.2) is 0 Å². The Morgan fingerprint density at radius 3 is 2.81 bits per heavy atom. The molecular formula is C21H16FN3O. The average Bonchev–Trinajstić information content (AvgIpc) is 3.09. The molecule has 0 bridgehead atoms. The maximum Gasteiger partial charge on any atom is 0.240 e. The molecule has 0 spiro atoms. The van der Waals surface area contributed by atoms with Crippen LogP contribution in [0.1, 0.15) is 28.5 Å². The number of hydrogen-bond donors (Lipinski definition) is 0. The smallest absolute Gasteiger partial charge is 0.240 e. The van der Waals surface area contributed by atoms with Crippen molar-refractivity contribution >= 4 is 22.9 Å². The van der Waals surface area contributed by atoms with Crippen LogP contribution in [0, 0.1) is 12.7 Å². The molecule has 0 unspecified atom stereocenters. The molecule has 0 aliphatic carbocycles. The molecular weight excluding hydrogens is 329 g/mol. The lowest BCUT2D eigenvalue weighted by Crippen LogP contribution is -1.91. The number of benzene rings is 2. The summed E-state index contributed by atoms with van der Waals surface area (Å²) in [6, 6.07) is 12.7. The minimum Gasteiger partial charge on any atom is -0.421 e. The monoisotopic (exact) mass is 345 g/mol. The van der Waals surface area contributed by atoms with E-state index in [1.165, 1.54) is 12.1 Å². The first kappa shape index (κ1) is 16.1. The quantitative estimate of drug-likeness (QED) is 0.532. The number of fused-ring (bicyclic) bond motifs is 1. The van der Waals surface area contributed by atoms with Gasteiger partial charge in [-0.3, -0.25) is 4.98 Å². The molecule has 0 fully saturated rings. The van der Waals surface area contributed by atoms with E-state index >= 15 is 0 Å². The third kappa shape index (κ3) is 3.37. The number of pyridine rings is 1. The van der Waals surface area contributed by atoms with E-state index < -0.39 is 0 Å². The van der Waals surface area contributed by atoms with Crippen LogP contribution in [0.25, 0.3) is 22.9 Å². The Morgan fingerprint density at radius 2 is 1.92 bits per heavy atom. The molecule has 4 nitrogen and oxygen atoms in total. The second-order valence-electron chi connectivity index (χ2n) is 6.06. The topological polar surface area (TPSA) is 51.8 Å². The van der Waals surface area contributed by atoms with Crippen LogP contribution < -0.4 is 0 Å². The first-order valence-corrected chi connectivity index (χ1v) is 8.27. The molecule has 0 saturated heterocycles. The van der Waals surface area contributed by atoms with Gasteiger partial charge >= 0.3 is 0 Å². The van der Waals surface area contributed by atoms with Crippen LogP contribution >= 0.6 is 0 Å². The zero-order valence-corrected chi connectivity index (χ0v) is 14.2. The molecule has 5 heteroatoms. The van der Waals surface area contributed by atoms with Crippen molar-refractivity contribution in [3.63, 3.8) is 0 Å². The summed E-state index contributed by atoms with van der Waals surface area (Å²) >= 11 is 0. The van der Waals surface area contributed by atoms with Gasteiger partial charge < -0.3 is 4.42 Å². The second kappa shape index (κ2) is 6.88. The standard InChI is InChI=1S/C21H16FN3O/c1-14-10-18(22)8-6-15(14)7-9-20-24-25-21(26-20)11-17-13-23-12-16-4-2-3-5-19(16)17/h2-10,12-13H,11H2,1H3/b9-7+. The molecule has 4 rings (SSSR count). The van der Waals surface area contributed by atoms with E-state index in [9.17, 15) is 4.39 Å². The van der Waals surface area contributed by atoms with Gasteiger partial charge in [-0.25, -0.2) is 4.39 Å². The Bertz CT molecular complexity index is 1100. The van der Waals surface area contributed by atoms with Gasteiger partial charge in [-0.1, -0.05) is 30.3 Å². The Balaban J connectivity index is 1.55. The molecule has 0 amide bonds. The van der Waals surface area contributed by atoms with E-state index in [0.29, 0.717) is 18.2 Å². The number of halogens is 1. The predicted molar refractivity (Wildman–Crippen MR) is 98.9 cm³/mol. The lowest BCUT2D eigenvalue weighted by molar-refractivity contribution is 0.497. The van der Waals surface area contributed by atoms with Gasteiger partial charge in [0.2, 0.25) is 11.8 Å². The molecule has 0 aliphatic rings. The largest absolute Gasteiger partial charge is 0.421 e. The third-order valence-electron chi connectivity index (χ3n) is 4.21. The van der Waals surface area contributed by atoms with E-state index in [-0.39, 0.29) is 5.82 Å². The van der Waals surface area contributed by atoms with Gasteiger partial charge in [-0.15, -0.1) is 10.2 Å². The Labute approximate surface area is 150 Å². The molecule has 0 N–H and O–H groups in total. The van der Waals surface area contributed by atoms with E-state index in [4.69, 9.17) is 4.42 Å². The van der Waals surface area contributed by atoms with Crippen molar-refractivity contribution in [1.29, 1.82) is 0 Å². The highest BCUT2D eigenvalue weighted by atomic mass is 19.1. The number of aryl methyl sites for hydroxylation is 1. The van der Waals surface area contributed by atoms with Crippen LogP contribution in [-0.2, 0) is 6.42 Å². The lowest BCUT2D eigenvalue weighted by atomic mass is 10.1. The van der Waals surface area contributed by atoms with E-state index in [2.05, 4.69) is 21.2 Å². The first-order valence-electron chi connectivity index (χ1n) is 8.27. The molecule has 128 valence electrons. The molecule has 0 saturated carbocycles. The predicted octanol–water partition coefficient (Wildman–Crippen LogP) is 4.83. The van der Waals surface area contributed by atoms with Gasteiger partial charge in [0.25, 0.3) is 0 Å². The average molecular weight is 345 g/mol. The number of nitrogens with zero attached hydrogens (tertiary/aromatic N) is 3. The summed E-state index contributed by atoms with van der Waals surface area (Å²) in [6.07, 6.45) is 7.75. The summed E-state index contributed by atoms with van der Waals surface area (Å²) in [5, 5.41) is 10.4. The van der Waals surface area contributed by atoms with Gasteiger partial charge in [0.05, 0.1) is 6.42 Å². The maximum atomic E-state index is 13.2.